The van der Waals surface area contributed by atoms with Crippen molar-refractivity contribution in [1.82, 2.24) is 0 Å². The largest absolute Gasteiger partial charge is 0.416 e. The van der Waals surface area contributed by atoms with Crippen LogP contribution in [0.2, 0.25) is 0 Å². The van der Waals surface area contributed by atoms with Gasteiger partial charge in [-0.3, -0.25) is 0 Å². The molecule has 3 aromatic carbocycles. The van der Waals surface area contributed by atoms with Gasteiger partial charge in [-0.2, -0.15) is 13.2 Å². The number of methoxy groups -OCH3 is 1. The molecule has 0 radical (unpaired) electrons. The second-order valence-corrected chi connectivity index (χ2v) is 8.56. The van der Waals surface area contributed by atoms with Gasteiger partial charge < -0.3 is 4.74 Å². The SMILES string of the molecule is COCCc1ccc(-c2cccc3sc(Cc4cc(F)cc(C(F)(F)F)c4)cc23)cc1. The van der Waals surface area contributed by atoms with Gasteiger partial charge in [-0.15, -0.1) is 11.3 Å². The molecular formula is C25H20F4OS. The molecular weight excluding hydrogens is 424 g/mol. The normalized spacial score (nSPS) is 11.9. The molecule has 4 rings (SSSR count). The van der Waals surface area contributed by atoms with Gasteiger partial charge in [0, 0.05) is 28.5 Å². The third-order valence-electron chi connectivity index (χ3n) is 5.14. The van der Waals surface area contributed by atoms with Gasteiger partial charge in [-0.25, -0.2) is 4.39 Å². The molecule has 31 heavy (non-hydrogen) atoms. The van der Waals surface area contributed by atoms with Crippen LogP contribution in [0.3, 0.4) is 0 Å². The monoisotopic (exact) mass is 444 g/mol. The molecule has 0 aliphatic rings. The van der Waals surface area contributed by atoms with Crippen molar-refractivity contribution in [1.29, 1.82) is 0 Å². The molecule has 0 amide bonds. The predicted octanol–water partition coefficient (Wildman–Crippen LogP) is 7.51. The Labute approximate surface area is 181 Å². The number of benzene rings is 3. The van der Waals surface area contributed by atoms with Crippen LogP contribution in [-0.4, -0.2) is 13.7 Å². The van der Waals surface area contributed by atoms with Crippen molar-refractivity contribution in [3.05, 3.63) is 94.1 Å². The highest BCUT2D eigenvalue weighted by molar-refractivity contribution is 7.19. The van der Waals surface area contributed by atoms with Gasteiger partial charge in [-0.05, 0) is 59.0 Å². The molecule has 0 atom stereocenters. The number of fused-ring (bicyclic) bond motifs is 1. The van der Waals surface area contributed by atoms with E-state index in [-0.39, 0.29) is 6.42 Å². The van der Waals surface area contributed by atoms with Crippen LogP contribution in [0, 0.1) is 5.82 Å². The van der Waals surface area contributed by atoms with Crippen molar-refractivity contribution in [2.45, 2.75) is 19.0 Å². The van der Waals surface area contributed by atoms with E-state index < -0.39 is 17.6 Å². The third-order valence-corrected chi connectivity index (χ3v) is 6.24. The Bertz CT molecular complexity index is 1190. The van der Waals surface area contributed by atoms with E-state index in [0.29, 0.717) is 18.2 Å². The van der Waals surface area contributed by atoms with E-state index in [4.69, 9.17) is 4.74 Å². The van der Waals surface area contributed by atoms with E-state index in [9.17, 15) is 17.6 Å². The summed E-state index contributed by atoms with van der Waals surface area (Å²) in [7, 11) is 1.68. The zero-order valence-corrected chi connectivity index (χ0v) is 17.6. The van der Waals surface area contributed by atoms with Crippen molar-refractivity contribution in [3.8, 4) is 11.1 Å². The van der Waals surface area contributed by atoms with Crippen molar-refractivity contribution in [2.24, 2.45) is 0 Å². The first-order chi connectivity index (χ1) is 14.8. The lowest BCUT2D eigenvalue weighted by Crippen LogP contribution is -2.06. The van der Waals surface area contributed by atoms with Crippen LogP contribution >= 0.6 is 11.3 Å². The zero-order chi connectivity index (χ0) is 22.0. The summed E-state index contributed by atoms with van der Waals surface area (Å²) in [5.74, 6) is -0.875. The van der Waals surface area contributed by atoms with Gasteiger partial charge in [0.15, 0.2) is 0 Å². The topological polar surface area (TPSA) is 9.23 Å². The third kappa shape index (κ3) is 4.97. The van der Waals surface area contributed by atoms with Crippen molar-refractivity contribution in [2.75, 3.05) is 13.7 Å². The van der Waals surface area contributed by atoms with Crippen molar-refractivity contribution < 1.29 is 22.3 Å². The first-order valence-corrected chi connectivity index (χ1v) is 10.6. The summed E-state index contributed by atoms with van der Waals surface area (Å²) in [5.41, 5.74) is 2.67. The number of thiophene rings is 1. The molecule has 1 nitrogen and oxygen atoms in total. The lowest BCUT2D eigenvalue weighted by molar-refractivity contribution is -0.137. The predicted molar refractivity (Wildman–Crippen MR) is 117 cm³/mol. The highest BCUT2D eigenvalue weighted by Gasteiger charge is 2.31. The second kappa shape index (κ2) is 8.81. The first kappa shape index (κ1) is 21.5. The van der Waals surface area contributed by atoms with Crippen LogP contribution in [0.1, 0.15) is 21.6 Å². The summed E-state index contributed by atoms with van der Waals surface area (Å²) in [6.45, 7) is 0.666. The Balaban J connectivity index is 1.65. The number of halogens is 4. The molecule has 0 fully saturated rings. The zero-order valence-electron chi connectivity index (χ0n) is 16.8. The molecule has 0 aliphatic heterocycles. The van der Waals surface area contributed by atoms with Gasteiger partial charge >= 0.3 is 6.18 Å². The number of ether oxygens (including phenoxy) is 1. The summed E-state index contributed by atoms with van der Waals surface area (Å²) < 4.78 is 59.0. The molecule has 4 aromatic rings. The molecule has 0 saturated heterocycles. The lowest BCUT2D eigenvalue weighted by Gasteiger charge is -2.09. The quantitative estimate of drug-likeness (QED) is 0.280. The Morgan fingerprint density at radius 1 is 0.903 bits per heavy atom. The first-order valence-electron chi connectivity index (χ1n) is 9.80. The maximum absolute atomic E-state index is 13.8. The maximum atomic E-state index is 13.8. The van der Waals surface area contributed by atoms with E-state index in [2.05, 4.69) is 24.3 Å². The fraction of sp³-hybridized carbons (Fsp3) is 0.200. The number of alkyl halides is 3. The summed E-state index contributed by atoms with van der Waals surface area (Å²) in [6.07, 6.45) is -3.48. The van der Waals surface area contributed by atoms with Crippen LogP contribution in [0.4, 0.5) is 17.6 Å². The number of hydrogen-bond acceptors (Lipinski definition) is 2. The molecule has 0 saturated carbocycles. The van der Waals surface area contributed by atoms with E-state index in [1.165, 1.54) is 23.0 Å². The second-order valence-electron chi connectivity index (χ2n) is 7.39. The molecule has 0 bridgehead atoms. The minimum atomic E-state index is -4.57. The summed E-state index contributed by atoms with van der Waals surface area (Å²) in [6, 6.07) is 19.0. The van der Waals surface area contributed by atoms with Gasteiger partial charge in [0.2, 0.25) is 0 Å². The lowest BCUT2D eigenvalue weighted by atomic mass is 9.99. The fourth-order valence-corrected chi connectivity index (χ4v) is 4.76. The molecule has 160 valence electrons. The van der Waals surface area contributed by atoms with Crippen molar-refractivity contribution >= 4 is 21.4 Å². The minimum Gasteiger partial charge on any atom is -0.384 e. The van der Waals surface area contributed by atoms with Gasteiger partial charge in [0.25, 0.3) is 0 Å². The average Bonchev–Trinajstić information content (AvgIpc) is 3.14. The highest BCUT2D eigenvalue weighted by atomic mass is 32.1. The molecule has 0 spiro atoms. The Kier molecular flexibility index (Phi) is 6.12. The smallest absolute Gasteiger partial charge is 0.384 e. The molecule has 0 N–H and O–H groups in total. The average molecular weight is 444 g/mol. The van der Waals surface area contributed by atoms with Crippen LogP contribution in [0.5, 0.6) is 0 Å². The summed E-state index contributed by atoms with van der Waals surface area (Å²) >= 11 is 1.51. The Morgan fingerprint density at radius 2 is 1.68 bits per heavy atom. The Hall–Kier alpha value is -2.70. The fourth-order valence-electron chi connectivity index (χ4n) is 3.64. The minimum absolute atomic E-state index is 0.246. The molecule has 0 aliphatic carbocycles. The van der Waals surface area contributed by atoms with Gasteiger partial charge in [-0.1, -0.05) is 36.4 Å². The van der Waals surface area contributed by atoms with Crippen LogP contribution in [-0.2, 0) is 23.8 Å². The molecule has 1 aromatic heterocycles. The number of rotatable bonds is 6. The standard InChI is InChI=1S/C25H20F4OS/c1-30-10-9-16-5-7-18(8-6-16)22-3-2-4-24-23(22)15-21(31-24)13-17-11-19(25(27,28)29)14-20(26)12-17/h2-8,11-12,14-15H,9-10,13H2,1H3. The van der Waals surface area contributed by atoms with Crippen LogP contribution < -0.4 is 0 Å². The van der Waals surface area contributed by atoms with E-state index in [0.717, 1.165) is 38.6 Å². The van der Waals surface area contributed by atoms with E-state index >= 15 is 0 Å². The van der Waals surface area contributed by atoms with Crippen molar-refractivity contribution in [3.63, 3.8) is 0 Å². The molecule has 1 heterocycles. The molecule has 6 heteroatoms. The van der Waals surface area contributed by atoms with E-state index in [1.54, 1.807) is 7.11 Å². The Morgan fingerprint density at radius 3 is 2.39 bits per heavy atom. The highest BCUT2D eigenvalue weighted by Crippen LogP contribution is 2.36. The van der Waals surface area contributed by atoms with E-state index in [1.807, 2.05) is 24.3 Å². The summed E-state index contributed by atoms with van der Waals surface area (Å²) in [5, 5.41) is 1.04. The van der Waals surface area contributed by atoms with Gasteiger partial charge in [0.1, 0.15) is 5.82 Å². The number of hydrogen-bond donors (Lipinski definition) is 0. The summed E-state index contributed by atoms with van der Waals surface area (Å²) in [4.78, 5) is 0.887. The molecule has 0 unspecified atom stereocenters. The van der Waals surface area contributed by atoms with Gasteiger partial charge in [0.05, 0.1) is 12.2 Å². The maximum Gasteiger partial charge on any atom is 0.416 e. The van der Waals surface area contributed by atoms with Crippen LogP contribution in [0.15, 0.2) is 66.7 Å². The van der Waals surface area contributed by atoms with Crippen LogP contribution in [0.25, 0.3) is 21.2 Å².